The van der Waals surface area contributed by atoms with Gasteiger partial charge in [-0.25, -0.2) is 8.42 Å². The fourth-order valence-corrected chi connectivity index (χ4v) is 4.06. The highest BCUT2D eigenvalue weighted by molar-refractivity contribution is 7.92. The summed E-state index contributed by atoms with van der Waals surface area (Å²) >= 11 is 6.05. The molecule has 1 amide bonds. The smallest absolute Gasteiger partial charge is 0.241 e. The van der Waals surface area contributed by atoms with E-state index in [9.17, 15) is 13.2 Å². The molecule has 0 heterocycles. The second kappa shape index (κ2) is 9.98. The van der Waals surface area contributed by atoms with Crippen molar-refractivity contribution in [2.75, 3.05) is 24.2 Å². The lowest BCUT2D eigenvalue weighted by Crippen LogP contribution is -2.42. The van der Waals surface area contributed by atoms with E-state index in [-0.39, 0.29) is 18.3 Å². The van der Waals surface area contributed by atoms with E-state index in [2.05, 4.69) is 19.2 Å². The molecule has 0 aromatic heterocycles. The quantitative estimate of drug-likeness (QED) is 0.641. The Labute approximate surface area is 177 Å². The van der Waals surface area contributed by atoms with Gasteiger partial charge in [0, 0.05) is 5.02 Å². The molecule has 0 unspecified atom stereocenters. The van der Waals surface area contributed by atoms with E-state index >= 15 is 0 Å². The van der Waals surface area contributed by atoms with Crippen LogP contribution in [0.3, 0.4) is 0 Å². The largest absolute Gasteiger partial charge is 0.495 e. The molecule has 0 fully saturated rings. The number of amides is 1. The molecule has 0 aliphatic carbocycles. The van der Waals surface area contributed by atoms with Crippen molar-refractivity contribution >= 4 is 33.2 Å². The molecule has 8 heteroatoms. The van der Waals surface area contributed by atoms with Crippen molar-refractivity contribution in [1.82, 2.24) is 5.32 Å². The first-order valence-corrected chi connectivity index (χ1v) is 11.5. The summed E-state index contributed by atoms with van der Waals surface area (Å²) in [6.45, 7) is 3.76. The zero-order chi connectivity index (χ0) is 21.6. The first-order valence-electron chi connectivity index (χ1n) is 9.27. The Morgan fingerprint density at radius 2 is 1.83 bits per heavy atom. The van der Waals surface area contributed by atoms with Crippen molar-refractivity contribution in [2.45, 2.75) is 26.3 Å². The molecule has 1 atom stereocenters. The van der Waals surface area contributed by atoms with Crippen LogP contribution in [0.25, 0.3) is 0 Å². The molecule has 158 valence electrons. The molecule has 2 aromatic carbocycles. The monoisotopic (exact) mass is 438 g/mol. The number of methoxy groups -OCH3 is 1. The third-order valence-corrected chi connectivity index (χ3v) is 5.70. The Bertz CT molecular complexity index is 933. The van der Waals surface area contributed by atoms with Crippen molar-refractivity contribution in [3.8, 4) is 5.75 Å². The Kier molecular flexibility index (Phi) is 7.93. The van der Waals surface area contributed by atoms with E-state index in [1.165, 1.54) is 13.2 Å². The summed E-state index contributed by atoms with van der Waals surface area (Å²) in [6.07, 6.45) is 1.78. The number of anilines is 1. The molecular formula is C21H27ClN2O4S. The fraction of sp³-hybridized carbons (Fsp3) is 0.381. The number of nitrogens with one attached hydrogen (secondary N) is 1. The standard InChI is InChI=1S/C21H27ClN2O4S/c1-15(2)12-18(16-8-6-5-7-9-16)23-21(25)14-24(29(4,26)27)19-13-17(22)10-11-20(19)28-3/h5-11,13,15,18H,12,14H2,1-4H3,(H,23,25)/t18-/m1/s1. The van der Waals surface area contributed by atoms with Gasteiger partial charge < -0.3 is 10.1 Å². The van der Waals surface area contributed by atoms with Crippen LogP contribution in [0.4, 0.5) is 5.69 Å². The number of carbonyl (C=O) groups is 1. The van der Waals surface area contributed by atoms with Gasteiger partial charge in [-0.15, -0.1) is 0 Å². The predicted octanol–water partition coefficient (Wildman–Crippen LogP) is 4.02. The van der Waals surface area contributed by atoms with Gasteiger partial charge in [-0.05, 0) is 36.1 Å². The summed E-state index contributed by atoms with van der Waals surface area (Å²) in [6, 6.07) is 14.0. The zero-order valence-electron chi connectivity index (χ0n) is 17.1. The lowest BCUT2D eigenvalue weighted by Gasteiger charge is -2.26. The molecule has 29 heavy (non-hydrogen) atoms. The normalized spacial score (nSPS) is 12.5. The van der Waals surface area contributed by atoms with Gasteiger partial charge in [0.1, 0.15) is 12.3 Å². The summed E-state index contributed by atoms with van der Waals surface area (Å²) in [4.78, 5) is 12.8. The van der Waals surface area contributed by atoms with Crippen molar-refractivity contribution in [3.63, 3.8) is 0 Å². The van der Waals surface area contributed by atoms with E-state index in [0.717, 1.165) is 22.5 Å². The van der Waals surface area contributed by atoms with Crippen LogP contribution in [0.5, 0.6) is 5.75 Å². The van der Waals surface area contributed by atoms with E-state index in [0.29, 0.717) is 16.7 Å². The number of ether oxygens (including phenoxy) is 1. The van der Waals surface area contributed by atoms with Gasteiger partial charge in [0.25, 0.3) is 0 Å². The molecule has 0 bridgehead atoms. The molecule has 2 aromatic rings. The molecular weight excluding hydrogens is 412 g/mol. The Morgan fingerprint density at radius 1 is 1.17 bits per heavy atom. The maximum atomic E-state index is 12.8. The van der Waals surface area contributed by atoms with Crippen LogP contribution in [0.15, 0.2) is 48.5 Å². The van der Waals surface area contributed by atoms with Crippen molar-refractivity contribution in [3.05, 3.63) is 59.1 Å². The average molecular weight is 439 g/mol. The minimum Gasteiger partial charge on any atom is -0.495 e. The van der Waals surface area contributed by atoms with Gasteiger partial charge in [-0.2, -0.15) is 0 Å². The molecule has 0 aliphatic heterocycles. The number of hydrogen-bond donors (Lipinski definition) is 1. The topological polar surface area (TPSA) is 75.7 Å². The maximum absolute atomic E-state index is 12.8. The highest BCUT2D eigenvalue weighted by Crippen LogP contribution is 2.32. The predicted molar refractivity (Wildman–Crippen MR) is 117 cm³/mol. The zero-order valence-corrected chi connectivity index (χ0v) is 18.6. The van der Waals surface area contributed by atoms with Crippen LogP contribution >= 0.6 is 11.6 Å². The number of sulfonamides is 1. The molecule has 0 spiro atoms. The SMILES string of the molecule is COc1ccc(Cl)cc1N(CC(=O)N[C@H](CC(C)C)c1ccccc1)S(C)(=O)=O. The number of nitrogens with zero attached hydrogens (tertiary/aromatic N) is 1. The third-order valence-electron chi connectivity index (χ3n) is 4.34. The minimum atomic E-state index is -3.75. The van der Waals surface area contributed by atoms with Crippen LogP contribution in [-0.4, -0.2) is 34.2 Å². The molecule has 1 N–H and O–H groups in total. The maximum Gasteiger partial charge on any atom is 0.241 e. The molecule has 6 nitrogen and oxygen atoms in total. The first-order chi connectivity index (χ1) is 13.6. The summed E-state index contributed by atoms with van der Waals surface area (Å²) < 4.78 is 31.1. The van der Waals surface area contributed by atoms with Gasteiger partial charge in [-0.3, -0.25) is 9.10 Å². The number of rotatable bonds is 9. The summed E-state index contributed by atoms with van der Waals surface area (Å²) in [5.74, 6) is 0.251. The van der Waals surface area contributed by atoms with Crippen molar-refractivity contribution < 1.29 is 17.9 Å². The molecule has 0 saturated heterocycles. The van der Waals surface area contributed by atoms with Gasteiger partial charge in [0.15, 0.2) is 0 Å². The number of benzene rings is 2. The van der Waals surface area contributed by atoms with E-state index in [4.69, 9.17) is 16.3 Å². The first kappa shape index (κ1) is 23.0. The summed E-state index contributed by atoms with van der Waals surface area (Å²) in [7, 11) is -2.32. The van der Waals surface area contributed by atoms with Gasteiger partial charge in [-0.1, -0.05) is 55.8 Å². The molecule has 0 aliphatic rings. The second-order valence-corrected chi connectivity index (χ2v) is 9.59. The lowest BCUT2D eigenvalue weighted by molar-refractivity contribution is -0.120. The minimum absolute atomic E-state index is 0.216. The van der Waals surface area contributed by atoms with Crippen molar-refractivity contribution in [2.24, 2.45) is 5.92 Å². The summed E-state index contributed by atoms with van der Waals surface area (Å²) in [5, 5.41) is 3.31. The lowest BCUT2D eigenvalue weighted by atomic mass is 9.97. The van der Waals surface area contributed by atoms with Crippen LogP contribution < -0.4 is 14.4 Å². The summed E-state index contributed by atoms with van der Waals surface area (Å²) in [5.41, 5.74) is 1.19. The fourth-order valence-electron chi connectivity index (χ4n) is 3.04. The number of carbonyl (C=O) groups excluding carboxylic acids is 1. The number of hydrogen-bond acceptors (Lipinski definition) is 4. The Balaban J connectivity index is 2.29. The van der Waals surface area contributed by atoms with E-state index < -0.39 is 15.9 Å². The Morgan fingerprint density at radius 3 is 2.38 bits per heavy atom. The average Bonchev–Trinajstić information content (AvgIpc) is 2.65. The van der Waals surface area contributed by atoms with Gasteiger partial charge in [0.05, 0.1) is 25.1 Å². The Hall–Kier alpha value is -2.25. The van der Waals surface area contributed by atoms with Crippen LogP contribution in [-0.2, 0) is 14.8 Å². The van der Waals surface area contributed by atoms with Crippen LogP contribution in [0, 0.1) is 5.92 Å². The van der Waals surface area contributed by atoms with Gasteiger partial charge >= 0.3 is 0 Å². The van der Waals surface area contributed by atoms with E-state index in [1.807, 2.05) is 30.3 Å². The van der Waals surface area contributed by atoms with Crippen LogP contribution in [0.2, 0.25) is 5.02 Å². The highest BCUT2D eigenvalue weighted by Gasteiger charge is 2.26. The van der Waals surface area contributed by atoms with Gasteiger partial charge in [0.2, 0.25) is 15.9 Å². The molecule has 0 radical (unpaired) electrons. The highest BCUT2D eigenvalue weighted by atomic mass is 35.5. The molecule has 2 rings (SSSR count). The third kappa shape index (κ3) is 6.65. The van der Waals surface area contributed by atoms with Crippen molar-refractivity contribution in [1.29, 1.82) is 0 Å². The number of halogens is 1. The molecule has 0 saturated carbocycles. The second-order valence-electron chi connectivity index (χ2n) is 7.25. The van der Waals surface area contributed by atoms with E-state index in [1.54, 1.807) is 12.1 Å². The van der Waals surface area contributed by atoms with Crippen LogP contribution in [0.1, 0.15) is 31.9 Å².